The van der Waals surface area contributed by atoms with Gasteiger partial charge in [0.2, 0.25) is 5.95 Å². The molecule has 1 aliphatic rings. The molecule has 0 bridgehead atoms. The predicted octanol–water partition coefficient (Wildman–Crippen LogP) is 3.76. The van der Waals surface area contributed by atoms with Crippen molar-refractivity contribution in [3.05, 3.63) is 66.9 Å². The summed E-state index contributed by atoms with van der Waals surface area (Å²) < 4.78 is 11.2. The maximum Gasteiger partial charge on any atom is 0.224 e. The maximum absolute atomic E-state index is 5.82. The van der Waals surface area contributed by atoms with Gasteiger partial charge in [-0.1, -0.05) is 18.2 Å². The van der Waals surface area contributed by atoms with Gasteiger partial charge in [0.25, 0.3) is 0 Å². The van der Waals surface area contributed by atoms with Crippen LogP contribution in [0.2, 0.25) is 0 Å². The number of benzene rings is 2. The molecule has 150 valence electrons. The summed E-state index contributed by atoms with van der Waals surface area (Å²) in [6.45, 7) is 5.33. The lowest BCUT2D eigenvalue weighted by Gasteiger charge is -2.26. The molecule has 4 rings (SSSR count). The second kappa shape index (κ2) is 9.86. The average Bonchev–Trinajstić information content (AvgIpc) is 2.77. The van der Waals surface area contributed by atoms with Crippen LogP contribution < -0.4 is 15.4 Å². The third kappa shape index (κ3) is 5.91. The second-order valence-corrected chi connectivity index (χ2v) is 6.71. The number of morpholine rings is 1. The van der Waals surface area contributed by atoms with Crippen molar-refractivity contribution < 1.29 is 9.47 Å². The average molecular weight is 391 g/mol. The topological polar surface area (TPSA) is 71.5 Å². The zero-order valence-corrected chi connectivity index (χ0v) is 16.3. The number of aromatic nitrogens is 2. The number of anilines is 3. The quantitative estimate of drug-likeness (QED) is 0.606. The van der Waals surface area contributed by atoms with Gasteiger partial charge in [0.05, 0.1) is 13.2 Å². The van der Waals surface area contributed by atoms with Crippen LogP contribution in [0.5, 0.6) is 11.5 Å². The molecule has 2 N–H and O–H groups in total. The molecule has 1 saturated heterocycles. The van der Waals surface area contributed by atoms with Crippen LogP contribution in [0, 0.1) is 0 Å². The van der Waals surface area contributed by atoms with Crippen LogP contribution >= 0.6 is 0 Å². The van der Waals surface area contributed by atoms with Crippen LogP contribution in [0.25, 0.3) is 0 Å². The van der Waals surface area contributed by atoms with E-state index < -0.39 is 0 Å². The number of rotatable bonds is 8. The summed E-state index contributed by atoms with van der Waals surface area (Å²) in [5.74, 6) is 2.96. The van der Waals surface area contributed by atoms with Gasteiger partial charge in [-0.25, -0.2) is 4.98 Å². The molecule has 7 heteroatoms. The molecule has 0 radical (unpaired) electrons. The summed E-state index contributed by atoms with van der Waals surface area (Å²) in [6.07, 6.45) is 1.75. The molecule has 0 amide bonds. The molecule has 29 heavy (non-hydrogen) atoms. The van der Waals surface area contributed by atoms with E-state index in [2.05, 4.69) is 25.5 Å². The summed E-state index contributed by atoms with van der Waals surface area (Å²) in [5, 5.41) is 6.59. The van der Waals surface area contributed by atoms with Gasteiger partial charge in [-0.05, 0) is 42.5 Å². The highest BCUT2D eigenvalue weighted by Gasteiger charge is 2.09. The first-order valence-electron chi connectivity index (χ1n) is 9.82. The van der Waals surface area contributed by atoms with Crippen LogP contribution in [0.4, 0.5) is 17.5 Å². The lowest BCUT2D eigenvalue weighted by Crippen LogP contribution is -2.39. The lowest BCUT2D eigenvalue weighted by atomic mass is 10.3. The molecule has 2 heterocycles. The third-order valence-corrected chi connectivity index (χ3v) is 4.58. The van der Waals surface area contributed by atoms with Crippen molar-refractivity contribution in [2.24, 2.45) is 0 Å². The Hall–Kier alpha value is -3.16. The Morgan fingerprint density at radius 2 is 1.69 bits per heavy atom. The zero-order chi connectivity index (χ0) is 19.7. The Balaban J connectivity index is 1.29. The molecule has 0 saturated carbocycles. The molecule has 0 atom stereocenters. The summed E-state index contributed by atoms with van der Waals surface area (Å²) >= 11 is 0. The molecular weight excluding hydrogens is 366 g/mol. The van der Waals surface area contributed by atoms with Gasteiger partial charge >= 0.3 is 0 Å². The van der Waals surface area contributed by atoms with Crippen molar-refractivity contribution in [1.82, 2.24) is 14.9 Å². The highest BCUT2D eigenvalue weighted by molar-refractivity contribution is 5.58. The Labute approximate surface area is 170 Å². The van der Waals surface area contributed by atoms with E-state index in [1.165, 1.54) is 0 Å². The zero-order valence-electron chi connectivity index (χ0n) is 16.3. The summed E-state index contributed by atoms with van der Waals surface area (Å²) in [5.41, 5.74) is 0.934. The SMILES string of the molecule is c1ccc(Oc2ccc(Nc3ccnc(NCCN4CCOCC4)n3)cc2)cc1. The van der Waals surface area contributed by atoms with E-state index in [0.29, 0.717) is 5.95 Å². The Bertz CT molecular complexity index is 883. The van der Waals surface area contributed by atoms with Gasteiger partial charge in [0, 0.05) is 38.1 Å². The van der Waals surface area contributed by atoms with Crippen LogP contribution in [-0.4, -0.2) is 54.3 Å². The van der Waals surface area contributed by atoms with E-state index in [1.54, 1.807) is 6.20 Å². The fourth-order valence-corrected chi connectivity index (χ4v) is 3.04. The lowest BCUT2D eigenvalue weighted by molar-refractivity contribution is 0.0398. The minimum absolute atomic E-state index is 0.618. The smallest absolute Gasteiger partial charge is 0.224 e. The highest BCUT2D eigenvalue weighted by Crippen LogP contribution is 2.24. The van der Waals surface area contributed by atoms with Gasteiger partial charge in [-0.15, -0.1) is 0 Å². The largest absolute Gasteiger partial charge is 0.457 e. The van der Waals surface area contributed by atoms with Crippen molar-refractivity contribution in [2.45, 2.75) is 0 Å². The fraction of sp³-hybridized carbons (Fsp3) is 0.273. The van der Waals surface area contributed by atoms with E-state index in [0.717, 1.165) is 62.4 Å². The molecule has 1 aliphatic heterocycles. The van der Waals surface area contributed by atoms with E-state index in [-0.39, 0.29) is 0 Å². The fourth-order valence-electron chi connectivity index (χ4n) is 3.04. The number of nitrogens with one attached hydrogen (secondary N) is 2. The standard InChI is InChI=1S/C22H25N5O2/c1-2-4-19(5-3-1)29-20-8-6-18(7-9-20)25-21-10-11-23-22(26-21)24-12-13-27-14-16-28-17-15-27/h1-11H,12-17H2,(H2,23,24,25,26). The van der Waals surface area contributed by atoms with Crippen molar-refractivity contribution in [3.63, 3.8) is 0 Å². The number of hydrogen-bond donors (Lipinski definition) is 2. The Kier molecular flexibility index (Phi) is 6.52. The van der Waals surface area contributed by atoms with Crippen molar-refractivity contribution in [2.75, 3.05) is 50.0 Å². The van der Waals surface area contributed by atoms with Crippen LogP contribution in [0.1, 0.15) is 0 Å². The molecule has 0 unspecified atom stereocenters. The number of ether oxygens (including phenoxy) is 2. The van der Waals surface area contributed by atoms with Gasteiger partial charge in [-0.2, -0.15) is 4.98 Å². The minimum Gasteiger partial charge on any atom is -0.457 e. The summed E-state index contributed by atoms with van der Waals surface area (Å²) in [6, 6.07) is 19.4. The van der Waals surface area contributed by atoms with Crippen LogP contribution in [0.3, 0.4) is 0 Å². The van der Waals surface area contributed by atoms with E-state index in [9.17, 15) is 0 Å². The van der Waals surface area contributed by atoms with E-state index >= 15 is 0 Å². The first kappa shape index (κ1) is 19.2. The molecule has 0 aliphatic carbocycles. The van der Waals surface area contributed by atoms with E-state index in [1.807, 2.05) is 60.7 Å². The first-order chi connectivity index (χ1) is 14.3. The number of para-hydroxylation sites is 1. The normalized spacial score (nSPS) is 14.3. The van der Waals surface area contributed by atoms with Gasteiger partial charge in [-0.3, -0.25) is 4.90 Å². The van der Waals surface area contributed by atoms with Crippen molar-refractivity contribution >= 4 is 17.5 Å². The first-order valence-corrected chi connectivity index (χ1v) is 9.82. The number of nitrogens with zero attached hydrogens (tertiary/aromatic N) is 3. The monoisotopic (exact) mass is 391 g/mol. The number of hydrogen-bond acceptors (Lipinski definition) is 7. The van der Waals surface area contributed by atoms with Crippen molar-refractivity contribution in [1.29, 1.82) is 0 Å². The summed E-state index contributed by atoms with van der Waals surface area (Å²) in [7, 11) is 0. The highest BCUT2D eigenvalue weighted by atomic mass is 16.5. The third-order valence-electron chi connectivity index (χ3n) is 4.58. The molecule has 1 aromatic heterocycles. The molecule has 3 aromatic rings. The predicted molar refractivity (Wildman–Crippen MR) is 114 cm³/mol. The van der Waals surface area contributed by atoms with Crippen LogP contribution in [0.15, 0.2) is 66.9 Å². The second-order valence-electron chi connectivity index (χ2n) is 6.71. The van der Waals surface area contributed by atoms with Gasteiger partial charge in [0.1, 0.15) is 17.3 Å². The molecule has 7 nitrogen and oxygen atoms in total. The van der Waals surface area contributed by atoms with Gasteiger partial charge < -0.3 is 20.1 Å². The molecular formula is C22H25N5O2. The molecule has 0 spiro atoms. The molecule has 2 aromatic carbocycles. The van der Waals surface area contributed by atoms with E-state index in [4.69, 9.17) is 9.47 Å². The summed E-state index contributed by atoms with van der Waals surface area (Å²) in [4.78, 5) is 11.2. The minimum atomic E-state index is 0.618. The Morgan fingerprint density at radius 3 is 2.48 bits per heavy atom. The van der Waals surface area contributed by atoms with Gasteiger partial charge in [0.15, 0.2) is 0 Å². The maximum atomic E-state index is 5.82. The molecule has 1 fully saturated rings. The van der Waals surface area contributed by atoms with Crippen LogP contribution in [-0.2, 0) is 4.74 Å². The van der Waals surface area contributed by atoms with Crippen molar-refractivity contribution in [3.8, 4) is 11.5 Å². The Morgan fingerprint density at radius 1 is 0.931 bits per heavy atom.